The van der Waals surface area contributed by atoms with E-state index in [0.717, 1.165) is 19.3 Å². The van der Waals surface area contributed by atoms with Gasteiger partial charge in [-0.05, 0) is 49.1 Å². The smallest absolute Gasteiger partial charge is 0.136 e. The molecule has 1 aromatic rings. The number of hydrogen-bond acceptors (Lipinski definition) is 1. The molecule has 2 aliphatic carbocycles. The van der Waals surface area contributed by atoms with Crippen LogP contribution in [0, 0.1) is 5.92 Å². The van der Waals surface area contributed by atoms with Crippen LogP contribution in [0.4, 0.5) is 0 Å². The molecule has 0 amide bonds. The molecular formula is C15H18O. The number of rotatable bonds is 3. The topological polar surface area (TPSA) is 17.1 Å². The highest BCUT2D eigenvalue weighted by Crippen LogP contribution is 2.38. The van der Waals surface area contributed by atoms with Gasteiger partial charge in [0.1, 0.15) is 5.78 Å². The fourth-order valence-corrected chi connectivity index (χ4v) is 2.88. The van der Waals surface area contributed by atoms with Crippen molar-refractivity contribution < 1.29 is 4.79 Å². The Labute approximate surface area is 96.9 Å². The minimum absolute atomic E-state index is 0.425. The molecular weight excluding hydrogens is 196 g/mol. The summed E-state index contributed by atoms with van der Waals surface area (Å²) in [6.45, 7) is 0. The maximum absolute atomic E-state index is 11.9. The van der Waals surface area contributed by atoms with Gasteiger partial charge >= 0.3 is 0 Å². The summed E-state index contributed by atoms with van der Waals surface area (Å²) in [6, 6.07) is 8.67. The van der Waals surface area contributed by atoms with Crippen molar-refractivity contribution in [3.8, 4) is 0 Å². The van der Waals surface area contributed by atoms with E-state index >= 15 is 0 Å². The predicted octanol–water partition coefficient (Wildman–Crippen LogP) is 3.48. The average molecular weight is 214 g/mol. The molecule has 0 aromatic heterocycles. The molecule has 0 spiro atoms. The Morgan fingerprint density at radius 1 is 1.19 bits per heavy atom. The Morgan fingerprint density at radius 3 is 2.81 bits per heavy atom. The van der Waals surface area contributed by atoms with E-state index in [1.807, 2.05) is 0 Å². The van der Waals surface area contributed by atoms with Crippen LogP contribution in [0.15, 0.2) is 24.3 Å². The maximum atomic E-state index is 11.9. The van der Waals surface area contributed by atoms with E-state index in [-0.39, 0.29) is 0 Å². The zero-order chi connectivity index (χ0) is 11.0. The molecule has 16 heavy (non-hydrogen) atoms. The van der Waals surface area contributed by atoms with Crippen LogP contribution in [-0.2, 0) is 11.2 Å². The lowest BCUT2D eigenvalue weighted by Crippen LogP contribution is -2.14. The van der Waals surface area contributed by atoms with Crippen molar-refractivity contribution in [3.05, 3.63) is 35.4 Å². The summed E-state index contributed by atoms with van der Waals surface area (Å²) in [5, 5.41) is 0. The van der Waals surface area contributed by atoms with Crippen LogP contribution in [0.25, 0.3) is 0 Å². The highest BCUT2D eigenvalue weighted by molar-refractivity contribution is 5.84. The molecule has 1 heteroatoms. The summed E-state index contributed by atoms with van der Waals surface area (Å²) in [6.07, 6.45) is 6.74. The molecule has 3 rings (SSSR count). The molecule has 84 valence electrons. The molecule has 1 saturated carbocycles. The van der Waals surface area contributed by atoms with Crippen LogP contribution in [-0.4, -0.2) is 5.78 Å². The van der Waals surface area contributed by atoms with Crippen molar-refractivity contribution >= 4 is 5.78 Å². The molecule has 0 radical (unpaired) electrons. The average Bonchev–Trinajstić information content (AvgIpc) is 3.13. The number of aryl methyl sites for hydroxylation is 1. The summed E-state index contributed by atoms with van der Waals surface area (Å²) >= 11 is 0. The molecule has 2 aliphatic rings. The number of fused-ring (bicyclic) bond motifs is 1. The molecule has 0 heterocycles. The van der Waals surface area contributed by atoms with Gasteiger partial charge in [-0.3, -0.25) is 4.79 Å². The molecule has 1 fully saturated rings. The van der Waals surface area contributed by atoms with Crippen LogP contribution < -0.4 is 0 Å². The van der Waals surface area contributed by atoms with Gasteiger partial charge in [-0.25, -0.2) is 0 Å². The van der Waals surface area contributed by atoms with Gasteiger partial charge in [-0.15, -0.1) is 0 Å². The van der Waals surface area contributed by atoms with Crippen LogP contribution in [0.1, 0.15) is 49.1 Å². The molecule has 1 nitrogen and oxygen atoms in total. The second kappa shape index (κ2) is 4.04. The van der Waals surface area contributed by atoms with Crippen LogP contribution in [0.2, 0.25) is 0 Å². The van der Waals surface area contributed by atoms with Gasteiger partial charge in [0.05, 0.1) is 0 Å². The summed E-state index contributed by atoms with van der Waals surface area (Å²) in [5.41, 5.74) is 2.92. The fraction of sp³-hybridized carbons (Fsp3) is 0.533. The van der Waals surface area contributed by atoms with E-state index in [1.54, 1.807) is 0 Å². The highest BCUT2D eigenvalue weighted by Gasteiger charge is 2.32. The van der Waals surface area contributed by atoms with Gasteiger partial charge in [0.15, 0.2) is 0 Å². The quantitative estimate of drug-likeness (QED) is 0.753. The maximum Gasteiger partial charge on any atom is 0.136 e. The van der Waals surface area contributed by atoms with Gasteiger partial charge in [-0.2, -0.15) is 0 Å². The Kier molecular flexibility index (Phi) is 2.55. The number of benzene rings is 1. The Bertz CT molecular complexity index is 404. The zero-order valence-corrected chi connectivity index (χ0v) is 9.61. The van der Waals surface area contributed by atoms with Crippen molar-refractivity contribution in [2.45, 2.75) is 44.4 Å². The van der Waals surface area contributed by atoms with E-state index in [1.165, 1.54) is 30.4 Å². The second-order valence-electron chi connectivity index (χ2n) is 5.23. The molecule has 0 saturated heterocycles. The Morgan fingerprint density at radius 2 is 2.00 bits per heavy atom. The predicted molar refractivity (Wildman–Crippen MR) is 64.5 cm³/mol. The lowest BCUT2D eigenvalue weighted by molar-refractivity contribution is -0.120. The number of carbonyl (C=O) groups excluding carboxylic acids is 1. The number of Topliss-reactive ketones (excluding diaryl/α,β-unsaturated/α-hetero) is 1. The van der Waals surface area contributed by atoms with E-state index in [2.05, 4.69) is 24.3 Å². The van der Waals surface area contributed by atoms with Gasteiger partial charge in [0.25, 0.3) is 0 Å². The summed E-state index contributed by atoms with van der Waals surface area (Å²) in [4.78, 5) is 11.9. The summed E-state index contributed by atoms with van der Waals surface area (Å²) in [5.74, 6) is 1.45. The van der Waals surface area contributed by atoms with Gasteiger partial charge < -0.3 is 0 Å². The Balaban J connectivity index is 1.78. The van der Waals surface area contributed by atoms with Gasteiger partial charge in [0, 0.05) is 12.3 Å². The molecule has 1 atom stereocenters. The third-order valence-corrected chi connectivity index (χ3v) is 3.97. The summed E-state index contributed by atoms with van der Waals surface area (Å²) in [7, 11) is 0. The van der Waals surface area contributed by atoms with Gasteiger partial charge in [0.2, 0.25) is 0 Å². The molecule has 1 aromatic carbocycles. The second-order valence-corrected chi connectivity index (χ2v) is 5.23. The first kappa shape index (κ1) is 10.1. The third kappa shape index (κ3) is 1.91. The van der Waals surface area contributed by atoms with Crippen LogP contribution in [0.5, 0.6) is 0 Å². The monoisotopic (exact) mass is 214 g/mol. The number of carbonyl (C=O) groups is 1. The van der Waals surface area contributed by atoms with Crippen LogP contribution >= 0.6 is 0 Å². The minimum Gasteiger partial charge on any atom is -0.299 e. The van der Waals surface area contributed by atoms with Crippen molar-refractivity contribution in [1.82, 2.24) is 0 Å². The molecule has 0 bridgehead atoms. The lowest BCUT2D eigenvalue weighted by atomic mass is 9.80. The van der Waals surface area contributed by atoms with Gasteiger partial charge in [-0.1, -0.05) is 24.3 Å². The lowest BCUT2D eigenvalue weighted by Gasteiger charge is -2.24. The standard InChI is InChI=1S/C15H18O/c16-15(12-8-9-12)10-13-6-3-5-11-4-1-2-7-14(11)13/h1-2,4,7,12-13H,3,5-6,8-10H2. The van der Waals surface area contributed by atoms with E-state index in [4.69, 9.17) is 0 Å². The molecule has 0 aliphatic heterocycles. The molecule has 0 N–H and O–H groups in total. The third-order valence-electron chi connectivity index (χ3n) is 3.97. The Hall–Kier alpha value is -1.11. The van der Waals surface area contributed by atoms with E-state index in [9.17, 15) is 4.79 Å². The van der Waals surface area contributed by atoms with Crippen molar-refractivity contribution in [3.63, 3.8) is 0 Å². The molecule has 1 unspecified atom stereocenters. The summed E-state index contributed by atoms with van der Waals surface area (Å²) < 4.78 is 0. The minimum atomic E-state index is 0.425. The van der Waals surface area contributed by atoms with E-state index < -0.39 is 0 Å². The SMILES string of the molecule is O=C(CC1CCCc2ccccc21)C1CC1. The van der Waals surface area contributed by atoms with Crippen molar-refractivity contribution in [1.29, 1.82) is 0 Å². The number of ketones is 1. The van der Waals surface area contributed by atoms with E-state index in [0.29, 0.717) is 17.6 Å². The normalized spacial score (nSPS) is 23.9. The first-order valence-corrected chi connectivity index (χ1v) is 6.45. The highest BCUT2D eigenvalue weighted by atomic mass is 16.1. The first-order valence-electron chi connectivity index (χ1n) is 6.45. The number of hydrogen-bond donors (Lipinski definition) is 0. The van der Waals surface area contributed by atoms with Crippen LogP contribution in [0.3, 0.4) is 0 Å². The first-order chi connectivity index (χ1) is 7.84. The van der Waals surface area contributed by atoms with Crippen molar-refractivity contribution in [2.75, 3.05) is 0 Å². The zero-order valence-electron chi connectivity index (χ0n) is 9.61. The largest absolute Gasteiger partial charge is 0.299 e. The fourth-order valence-electron chi connectivity index (χ4n) is 2.88. The van der Waals surface area contributed by atoms with Crippen molar-refractivity contribution in [2.24, 2.45) is 5.92 Å².